The minimum atomic E-state index is -5.08. The average molecular weight is 247 g/mol. The van der Waals surface area contributed by atoms with Gasteiger partial charge in [0.2, 0.25) is 0 Å². The first-order chi connectivity index (χ1) is 7.81. The molecule has 0 unspecified atom stereocenters. The Morgan fingerprint density at radius 3 is 2.47 bits per heavy atom. The van der Waals surface area contributed by atoms with Gasteiger partial charge in [-0.2, -0.15) is 18.4 Å². The van der Waals surface area contributed by atoms with E-state index in [0.29, 0.717) is 12.2 Å². The van der Waals surface area contributed by atoms with Crippen LogP contribution in [0.1, 0.15) is 11.3 Å². The fourth-order valence-corrected chi connectivity index (χ4v) is 0.662. The topological polar surface area (TPSA) is 100 Å². The molecule has 0 atom stereocenters. The molecule has 0 saturated heterocycles. The van der Waals surface area contributed by atoms with E-state index >= 15 is 0 Å². The molecule has 1 heterocycles. The molecule has 0 radical (unpaired) electrons. The van der Waals surface area contributed by atoms with Crippen LogP contribution >= 0.6 is 0 Å². The Morgan fingerprint density at radius 1 is 1.59 bits per heavy atom. The zero-order valence-corrected chi connectivity index (χ0v) is 8.40. The second kappa shape index (κ2) is 6.44. The molecule has 0 spiro atoms. The fraction of sp³-hybridized carbons (Fsp3) is 0.222. The highest BCUT2D eigenvalue weighted by Gasteiger charge is 2.38. The number of aromatic nitrogens is 1. The van der Waals surface area contributed by atoms with Crippen LogP contribution in [0.4, 0.5) is 13.2 Å². The number of hydrogen-bond donors (Lipinski definition) is 2. The predicted octanol–water partition coefficient (Wildman–Crippen LogP) is 1.05. The lowest BCUT2D eigenvalue weighted by Crippen LogP contribution is -2.21. The van der Waals surface area contributed by atoms with Crippen molar-refractivity contribution < 1.29 is 23.1 Å². The van der Waals surface area contributed by atoms with Crippen molar-refractivity contribution in [3.05, 3.63) is 29.6 Å². The molecule has 1 aromatic heterocycles. The van der Waals surface area contributed by atoms with Gasteiger partial charge in [0.25, 0.3) is 0 Å². The van der Waals surface area contributed by atoms with Crippen molar-refractivity contribution in [1.82, 2.24) is 4.98 Å². The largest absolute Gasteiger partial charge is 0.490 e. The molecule has 0 fully saturated rings. The second-order valence-electron chi connectivity index (χ2n) is 2.67. The van der Waals surface area contributed by atoms with Gasteiger partial charge in [0.1, 0.15) is 11.8 Å². The number of nitrogens with two attached hydrogens (primary N) is 1. The van der Waals surface area contributed by atoms with E-state index in [2.05, 4.69) is 4.98 Å². The Bertz CT molecular complexity index is 426. The molecule has 0 saturated carbocycles. The van der Waals surface area contributed by atoms with Crippen LogP contribution in [0.15, 0.2) is 18.3 Å². The number of carboxylic acids is 1. The van der Waals surface area contributed by atoms with Gasteiger partial charge < -0.3 is 10.8 Å². The molecule has 0 aliphatic heterocycles. The van der Waals surface area contributed by atoms with Crippen LogP contribution in [0.25, 0.3) is 0 Å². The Labute approximate surface area is 94.3 Å². The third-order valence-corrected chi connectivity index (χ3v) is 1.42. The molecule has 92 valence electrons. The van der Waals surface area contributed by atoms with E-state index in [4.69, 9.17) is 20.9 Å². The normalized spacial score (nSPS) is 9.82. The smallest absolute Gasteiger partial charge is 0.475 e. The summed E-state index contributed by atoms with van der Waals surface area (Å²) >= 11 is 0. The SMILES string of the molecule is N#Cc1cc(CN)ccn1.O=C(O)C(F)(F)F. The Kier molecular flexibility index (Phi) is 5.63. The van der Waals surface area contributed by atoms with Crippen LogP contribution in [0.5, 0.6) is 0 Å². The molecule has 1 rings (SSSR count). The highest BCUT2D eigenvalue weighted by Crippen LogP contribution is 2.13. The van der Waals surface area contributed by atoms with Gasteiger partial charge in [0.15, 0.2) is 0 Å². The van der Waals surface area contributed by atoms with Crippen molar-refractivity contribution in [2.24, 2.45) is 5.73 Å². The first kappa shape index (κ1) is 14.9. The molecule has 0 aliphatic carbocycles. The summed E-state index contributed by atoms with van der Waals surface area (Å²) in [6.45, 7) is 0.456. The van der Waals surface area contributed by atoms with Crippen LogP contribution in [0, 0.1) is 11.3 Å². The molecule has 0 bridgehead atoms. The lowest BCUT2D eigenvalue weighted by molar-refractivity contribution is -0.192. The lowest BCUT2D eigenvalue weighted by Gasteiger charge is -1.93. The van der Waals surface area contributed by atoms with E-state index in [1.165, 1.54) is 0 Å². The van der Waals surface area contributed by atoms with E-state index < -0.39 is 12.1 Å². The first-order valence-electron chi connectivity index (χ1n) is 4.16. The Balaban J connectivity index is 0.000000325. The van der Waals surface area contributed by atoms with Gasteiger partial charge in [-0.3, -0.25) is 0 Å². The number of nitriles is 1. The summed E-state index contributed by atoms with van der Waals surface area (Å²) in [5.41, 5.74) is 6.69. The van der Waals surface area contributed by atoms with Gasteiger partial charge in [-0.05, 0) is 17.7 Å². The maximum absolute atomic E-state index is 10.6. The average Bonchev–Trinajstić information content (AvgIpc) is 2.28. The minimum Gasteiger partial charge on any atom is -0.475 e. The third-order valence-electron chi connectivity index (χ3n) is 1.42. The quantitative estimate of drug-likeness (QED) is 0.772. The van der Waals surface area contributed by atoms with Crippen molar-refractivity contribution in [1.29, 1.82) is 5.26 Å². The molecule has 0 aromatic carbocycles. The van der Waals surface area contributed by atoms with Gasteiger partial charge in [-0.25, -0.2) is 9.78 Å². The minimum absolute atomic E-state index is 0.419. The summed E-state index contributed by atoms with van der Waals surface area (Å²) < 4.78 is 31.7. The monoisotopic (exact) mass is 247 g/mol. The van der Waals surface area contributed by atoms with E-state index in [-0.39, 0.29) is 0 Å². The maximum Gasteiger partial charge on any atom is 0.490 e. The van der Waals surface area contributed by atoms with Crippen LogP contribution in [0.2, 0.25) is 0 Å². The van der Waals surface area contributed by atoms with Crippen molar-refractivity contribution >= 4 is 5.97 Å². The van der Waals surface area contributed by atoms with E-state index in [1.54, 1.807) is 18.3 Å². The van der Waals surface area contributed by atoms with Crippen LogP contribution < -0.4 is 5.73 Å². The van der Waals surface area contributed by atoms with Gasteiger partial charge in [-0.15, -0.1) is 0 Å². The maximum atomic E-state index is 10.6. The van der Waals surface area contributed by atoms with E-state index in [0.717, 1.165) is 5.56 Å². The summed E-state index contributed by atoms with van der Waals surface area (Å²) in [5, 5.41) is 15.5. The third kappa shape index (κ3) is 6.11. The molecular formula is C9H8F3N3O2. The Morgan fingerprint density at radius 2 is 2.12 bits per heavy atom. The summed E-state index contributed by atoms with van der Waals surface area (Å²) in [4.78, 5) is 12.7. The van der Waals surface area contributed by atoms with Gasteiger partial charge in [0, 0.05) is 12.7 Å². The lowest BCUT2D eigenvalue weighted by atomic mass is 10.2. The number of carbonyl (C=O) groups is 1. The van der Waals surface area contributed by atoms with Gasteiger partial charge >= 0.3 is 12.1 Å². The number of nitrogens with zero attached hydrogens (tertiary/aromatic N) is 2. The number of carboxylic acid groups (broad SMARTS) is 1. The van der Waals surface area contributed by atoms with Crippen molar-refractivity contribution in [2.45, 2.75) is 12.7 Å². The molecule has 0 amide bonds. The van der Waals surface area contributed by atoms with Crippen molar-refractivity contribution in [3.8, 4) is 6.07 Å². The van der Waals surface area contributed by atoms with E-state index in [1.807, 2.05) is 6.07 Å². The van der Waals surface area contributed by atoms with E-state index in [9.17, 15) is 13.2 Å². The molecule has 5 nitrogen and oxygen atoms in total. The molecule has 17 heavy (non-hydrogen) atoms. The molecule has 3 N–H and O–H groups in total. The Hall–Kier alpha value is -2.14. The summed E-state index contributed by atoms with van der Waals surface area (Å²) in [5.74, 6) is -2.76. The number of pyridine rings is 1. The number of rotatable bonds is 1. The second-order valence-corrected chi connectivity index (χ2v) is 2.67. The predicted molar refractivity (Wildman–Crippen MR) is 50.5 cm³/mol. The highest BCUT2D eigenvalue weighted by atomic mass is 19.4. The number of aliphatic carboxylic acids is 1. The van der Waals surface area contributed by atoms with Crippen molar-refractivity contribution in [2.75, 3.05) is 0 Å². The molecular weight excluding hydrogens is 239 g/mol. The summed E-state index contributed by atoms with van der Waals surface area (Å²) in [7, 11) is 0. The van der Waals surface area contributed by atoms with Crippen LogP contribution in [-0.2, 0) is 11.3 Å². The molecule has 1 aromatic rings. The first-order valence-corrected chi connectivity index (χ1v) is 4.16. The zero-order valence-electron chi connectivity index (χ0n) is 8.40. The van der Waals surface area contributed by atoms with Crippen LogP contribution in [-0.4, -0.2) is 22.2 Å². The van der Waals surface area contributed by atoms with Crippen LogP contribution in [0.3, 0.4) is 0 Å². The number of halogens is 3. The van der Waals surface area contributed by atoms with Gasteiger partial charge in [-0.1, -0.05) is 0 Å². The van der Waals surface area contributed by atoms with Gasteiger partial charge in [0.05, 0.1) is 0 Å². The highest BCUT2D eigenvalue weighted by molar-refractivity contribution is 5.73. The fourth-order valence-electron chi connectivity index (χ4n) is 0.662. The molecule has 8 heteroatoms. The summed E-state index contributed by atoms with van der Waals surface area (Å²) in [6.07, 6.45) is -3.50. The molecule has 0 aliphatic rings. The summed E-state index contributed by atoms with van der Waals surface area (Å²) in [6, 6.07) is 5.41. The number of alkyl halides is 3. The standard InChI is InChI=1S/C7H7N3.C2HF3O2/c8-4-6-1-2-10-7(3-6)5-9;3-2(4,5)1(6)7/h1-3H,4,8H2;(H,6,7). The zero-order chi connectivity index (χ0) is 13.5. The van der Waals surface area contributed by atoms with Crippen molar-refractivity contribution in [3.63, 3.8) is 0 Å². The number of hydrogen-bond acceptors (Lipinski definition) is 4.